The van der Waals surface area contributed by atoms with Crippen LogP contribution in [0.1, 0.15) is 9.75 Å². The topological polar surface area (TPSA) is 37.8 Å². The van der Waals surface area contributed by atoms with Gasteiger partial charge in [0.05, 0.1) is 6.54 Å². The number of nitrogens with zero attached hydrogens (tertiary/aromatic N) is 2. The normalized spacial score (nSPS) is 10.3. The molecule has 3 nitrogen and oxygen atoms in total. The summed E-state index contributed by atoms with van der Waals surface area (Å²) in [5.41, 5.74) is 0. The Hall–Kier alpha value is -1.13. The van der Waals surface area contributed by atoms with Crippen LogP contribution in [0.15, 0.2) is 24.5 Å². The molecule has 1 N–H and O–H groups in total. The molecule has 0 aliphatic carbocycles. The fourth-order valence-corrected chi connectivity index (χ4v) is 2.17. The fourth-order valence-electron chi connectivity index (χ4n) is 1.19. The third-order valence-corrected chi connectivity index (χ3v) is 3.08. The zero-order chi connectivity index (χ0) is 10.7. The highest BCUT2D eigenvalue weighted by Gasteiger charge is 1.98. The van der Waals surface area contributed by atoms with E-state index in [1.54, 1.807) is 17.4 Å². The van der Waals surface area contributed by atoms with Crippen molar-refractivity contribution in [2.75, 3.05) is 5.32 Å². The van der Waals surface area contributed by atoms with E-state index in [-0.39, 0.29) is 0 Å². The first kappa shape index (κ1) is 10.4. The van der Waals surface area contributed by atoms with Crippen LogP contribution in [0.3, 0.4) is 0 Å². The number of hydrogen-bond acceptors (Lipinski definition) is 4. The highest BCUT2D eigenvalue weighted by atomic mass is 35.5. The average Bonchev–Trinajstić information content (AvgIpc) is 2.62. The first-order chi connectivity index (χ1) is 7.24. The fraction of sp³-hybridized carbons (Fsp3) is 0.200. The number of nitrogens with one attached hydrogen (secondary N) is 1. The van der Waals surface area contributed by atoms with Gasteiger partial charge in [-0.25, -0.2) is 9.97 Å². The first-order valence-corrected chi connectivity index (χ1v) is 5.70. The number of halogens is 1. The van der Waals surface area contributed by atoms with Gasteiger partial charge in [-0.3, -0.25) is 0 Å². The summed E-state index contributed by atoms with van der Waals surface area (Å²) < 4.78 is 0. The summed E-state index contributed by atoms with van der Waals surface area (Å²) in [4.78, 5) is 10.5. The van der Waals surface area contributed by atoms with E-state index in [9.17, 15) is 0 Å². The number of thiophene rings is 1. The van der Waals surface area contributed by atoms with E-state index in [2.05, 4.69) is 34.3 Å². The van der Waals surface area contributed by atoms with Gasteiger partial charge in [0.2, 0.25) is 0 Å². The van der Waals surface area contributed by atoms with Crippen molar-refractivity contribution < 1.29 is 0 Å². The molecule has 0 spiro atoms. The number of aromatic nitrogens is 2. The lowest BCUT2D eigenvalue weighted by Crippen LogP contribution is -1.99. The van der Waals surface area contributed by atoms with Crippen LogP contribution < -0.4 is 5.32 Å². The Morgan fingerprint density at radius 1 is 1.40 bits per heavy atom. The number of anilines is 1. The smallest absolute Gasteiger partial charge is 0.134 e. The second kappa shape index (κ2) is 4.59. The molecule has 5 heteroatoms. The largest absolute Gasteiger partial charge is 0.365 e. The highest BCUT2D eigenvalue weighted by Crippen LogP contribution is 2.16. The molecule has 2 heterocycles. The maximum Gasteiger partial charge on any atom is 0.134 e. The van der Waals surface area contributed by atoms with Gasteiger partial charge in [0.1, 0.15) is 17.3 Å². The number of rotatable bonds is 3. The molecule has 15 heavy (non-hydrogen) atoms. The standard InChI is InChI=1S/C10H10ClN3S/c1-7-2-3-8(15-7)5-12-10-4-9(11)13-6-14-10/h2-4,6H,5H2,1H3,(H,12,13,14). The lowest BCUT2D eigenvalue weighted by Gasteiger charge is -2.02. The van der Waals surface area contributed by atoms with Crippen molar-refractivity contribution in [1.29, 1.82) is 0 Å². The van der Waals surface area contributed by atoms with Gasteiger partial charge in [0.25, 0.3) is 0 Å². The molecule has 0 saturated heterocycles. The Bertz CT molecular complexity index is 455. The summed E-state index contributed by atoms with van der Waals surface area (Å²) in [6, 6.07) is 5.92. The summed E-state index contributed by atoms with van der Waals surface area (Å²) in [6.07, 6.45) is 1.45. The van der Waals surface area contributed by atoms with Crippen molar-refractivity contribution in [2.24, 2.45) is 0 Å². The second-order valence-electron chi connectivity index (χ2n) is 3.09. The molecule has 78 valence electrons. The molecule has 0 amide bonds. The maximum absolute atomic E-state index is 5.74. The molecule has 0 aromatic carbocycles. The monoisotopic (exact) mass is 239 g/mol. The van der Waals surface area contributed by atoms with Crippen LogP contribution in [-0.4, -0.2) is 9.97 Å². The Morgan fingerprint density at radius 2 is 2.27 bits per heavy atom. The van der Waals surface area contributed by atoms with Crippen LogP contribution in [0.2, 0.25) is 5.15 Å². The first-order valence-electron chi connectivity index (χ1n) is 4.51. The minimum absolute atomic E-state index is 0.454. The molecule has 0 aliphatic heterocycles. The minimum atomic E-state index is 0.454. The Balaban J connectivity index is 1.99. The van der Waals surface area contributed by atoms with Crippen LogP contribution >= 0.6 is 22.9 Å². The Kier molecular flexibility index (Phi) is 3.18. The summed E-state index contributed by atoms with van der Waals surface area (Å²) in [5, 5.41) is 3.64. The van der Waals surface area contributed by atoms with E-state index in [0.717, 1.165) is 12.4 Å². The average molecular weight is 240 g/mol. The van der Waals surface area contributed by atoms with Gasteiger partial charge in [-0.1, -0.05) is 11.6 Å². The summed E-state index contributed by atoms with van der Waals surface area (Å²) in [5.74, 6) is 0.751. The van der Waals surface area contributed by atoms with Gasteiger partial charge in [-0.05, 0) is 19.1 Å². The molecule has 0 radical (unpaired) electrons. The molecule has 0 bridgehead atoms. The molecule has 2 aromatic heterocycles. The quantitative estimate of drug-likeness (QED) is 0.837. The summed E-state index contributed by atoms with van der Waals surface area (Å²) >= 11 is 7.51. The van der Waals surface area contributed by atoms with Gasteiger partial charge in [-0.15, -0.1) is 11.3 Å². The van der Waals surface area contributed by atoms with E-state index in [4.69, 9.17) is 11.6 Å². The van der Waals surface area contributed by atoms with Crippen LogP contribution in [0, 0.1) is 6.92 Å². The summed E-state index contributed by atoms with van der Waals surface area (Å²) in [7, 11) is 0. The van der Waals surface area contributed by atoms with Crippen LogP contribution in [0.5, 0.6) is 0 Å². The molecule has 0 saturated carbocycles. The van der Waals surface area contributed by atoms with Crippen molar-refractivity contribution in [3.63, 3.8) is 0 Å². The van der Waals surface area contributed by atoms with Crippen molar-refractivity contribution in [3.8, 4) is 0 Å². The van der Waals surface area contributed by atoms with Crippen molar-refractivity contribution in [3.05, 3.63) is 39.4 Å². The molecular weight excluding hydrogens is 230 g/mol. The zero-order valence-electron chi connectivity index (χ0n) is 8.20. The summed E-state index contributed by atoms with van der Waals surface area (Å²) in [6.45, 7) is 2.86. The second-order valence-corrected chi connectivity index (χ2v) is 4.85. The number of aryl methyl sites for hydroxylation is 1. The van der Waals surface area contributed by atoms with E-state index < -0.39 is 0 Å². The lowest BCUT2D eigenvalue weighted by atomic mass is 10.4. The predicted molar refractivity (Wildman–Crippen MR) is 63.4 cm³/mol. The minimum Gasteiger partial charge on any atom is -0.365 e. The van der Waals surface area contributed by atoms with Crippen molar-refractivity contribution in [2.45, 2.75) is 13.5 Å². The third kappa shape index (κ3) is 2.91. The highest BCUT2D eigenvalue weighted by molar-refractivity contribution is 7.11. The van der Waals surface area contributed by atoms with E-state index in [0.29, 0.717) is 5.15 Å². The lowest BCUT2D eigenvalue weighted by molar-refractivity contribution is 1.10. The van der Waals surface area contributed by atoms with Crippen molar-refractivity contribution >= 4 is 28.8 Å². The predicted octanol–water partition coefficient (Wildman–Crippen LogP) is 3.11. The van der Waals surface area contributed by atoms with Gasteiger partial charge < -0.3 is 5.32 Å². The van der Waals surface area contributed by atoms with Gasteiger partial charge in [0, 0.05) is 15.8 Å². The van der Waals surface area contributed by atoms with Gasteiger partial charge in [-0.2, -0.15) is 0 Å². The Labute approximate surface area is 97.2 Å². The van der Waals surface area contributed by atoms with Crippen LogP contribution in [-0.2, 0) is 6.54 Å². The molecule has 0 unspecified atom stereocenters. The van der Waals surface area contributed by atoms with Gasteiger partial charge >= 0.3 is 0 Å². The van der Waals surface area contributed by atoms with E-state index in [1.165, 1.54) is 16.1 Å². The molecule has 2 rings (SSSR count). The molecule has 0 aliphatic rings. The van der Waals surface area contributed by atoms with E-state index in [1.807, 2.05) is 0 Å². The number of hydrogen-bond donors (Lipinski definition) is 1. The maximum atomic E-state index is 5.74. The SMILES string of the molecule is Cc1ccc(CNc2cc(Cl)ncn2)s1. The molecule has 0 fully saturated rings. The van der Waals surface area contributed by atoms with Crippen molar-refractivity contribution in [1.82, 2.24) is 9.97 Å². The molecule has 0 atom stereocenters. The van der Waals surface area contributed by atoms with E-state index >= 15 is 0 Å². The van der Waals surface area contributed by atoms with Gasteiger partial charge in [0.15, 0.2) is 0 Å². The molecular formula is C10H10ClN3S. The Morgan fingerprint density at radius 3 is 2.93 bits per heavy atom. The third-order valence-electron chi connectivity index (χ3n) is 1.87. The van der Waals surface area contributed by atoms with Crippen LogP contribution in [0.25, 0.3) is 0 Å². The van der Waals surface area contributed by atoms with Crippen LogP contribution in [0.4, 0.5) is 5.82 Å². The zero-order valence-corrected chi connectivity index (χ0v) is 9.77. The molecule has 2 aromatic rings.